The first-order valence-corrected chi connectivity index (χ1v) is 4.43. The Morgan fingerprint density at radius 2 is 2.23 bits per heavy atom. The van der Waals surface area contributed by atoms with Gasteiger partial charge in [-0.2, -0.15) is 0 Å². The van der Waals surface area contributed by atoms with Crippen LogP contribution in [-0.2, 0) is 7.05 Å². The molecule has 0 unspecified atom stereocenters. The van der Waals surface area contributed by atoms with E-state index in [1.165, 1.54) is 4.57 Å². The Bertz CT molecular complexity index is 527. The zero-order chi connectivity index (χ0) is 9.59. The predicted molar refractivity (Wildman–Crippen MR) is 53.6 cm³/mol. The van der Waals surface area contributed by atoms with Crippen LogP contribution in [-0.4, -0.2) is 4.57 Å². The monoisotopic (exact) mass is 242 g/mol. The molecular formula is C8H7BrN2O2. The van der Waals surface area contributed by atoms with Gasteiger partial charge in [-0.3, -0.25) is 4.57 Å². The van der Waals surface area contributed by atoms with Crippen molar-refractivity contribution in [2.45, 2.75) is 0 Å². The maximum atomic E-state index is 11.1. The summed E-state index contributed by atoms with van der Waals surface area (Å²) in [4.78, 5) is 11.1. The molecule has 2 aromatic rings. The van der Waals surface area contributed by atoms with E-state index in [0.717, 1.165) is 4.47 Å². The molecule has 68 valence electrons. The maximum absolute atomic E-state index is 11.1. The van der Waals surface area contributed by atoms with Crippen molar-refractivity contribution in [3.63, 3.8) is 0 Å². The van der Waals surface area contributed by atoms with Crippen LogP contribution in [0.25, 0.3) is 11.1 Å². The second kappa shape index (κ2) is 2.63. The number of aromatic nitrogens is 1. The van der Waals surface area contributed by atoms with Crippen molar-refractivity contribution >= 4 is 32.7 Å². The van der Waals surface area contributed by atoms with Gasteiger partial charge in [0.15, 0.2) is 5.58 Å². The molecule has 13 heavy (non-hydrogen) atoms. The van der Waals surface area contributed by atoms with Crippen molar-refractivity contribution in [2.75, 3.05) is 5.73 Å². The summed E-state index contributed by atoms with van der Waals surface area (Å²) in [5.41, 5.74) is 7.26. The number of benzene rings is 1. The number of rotatable bonds is 0. The second-order valence-corrected chi connectivity index (χ2v) is 3.69. The molecule has 1 aromatic heterocycles. The van der Waals surface area contributed by atoms with Crippen molar-refractivity contribution in [1.82, 2.24) is 4.57 Å². The highest BCUT2D eigenvalue weighted by Gasteiger charge is 2.09. The zero-order valence-corrected chi connectivity index (χ0v) is 8.46. The molecule has 0 fully saturated rings. The summed E-state index contributed by atoms with van der Waals surface area (Å²) < 4.78 is 7.19. The van der Waals surface area contributed by atoms with Gasteiger partial charge in [0.25, 0.3) is 0 Å². The highest BCUT2D eigenvalue weighted by atomic mass is 79.9. The molecule has 0 aliphatic heterocycles. The van der Waals surface area contributed by atoms with Crippen LogP contribution in [0.15, 0.2) is 25.8 Å². The van der Waals surface area contributed by atoms with Gasteiger partial charge in [0.05, 0.1) is 11.2 Å². The second-order valence-electron chi connectivity index (χ2n) is 2.77. The third-order valence-electron chi connectivity index (χ3n) is 1.89. The first kappa shape index (κ1) is 8.37. The normalized spacial score (nSPS) is 10.9. The van der Waals surface area contributed by atoms with Gasteiger partial charge in [-0.1, -0.05) is 15.9 Å². The van der Waals surface area contributed by atoms with Crippen LogP contribution >= 0.6 is 15.9 Å². The molecule has 2 N–H and O–H groups in total. The van der Waals surface area contributed by atoms with Crippen molar-refractivity contribution in [1.29, 1.82) is 0 Å². The van der Waals surface area contributed by atoms with Crippen LogP contribution in [0, 0.1) is 0 Å². The quantitative estimate of drug-likeness (QED) is 0.713. The summed E-state index contributed by atoms with van der Waals surface area (Å²) in [7, 11) is 1.64. The fraction of sp³-hybridized carbons (Fsp3) is 0.125. The number of fused-ring (bicyclic) bond motifs is 1. The van der Waals surface area contributed by atoms with Crippen molar-refractivity contribution in [3.8, 4) is 0 Å². The van der Waals surface area contributed by atoms with Crippen molar-refractivity contribution in [3.05, 3.63) is 27.2 Å². The number of hydrogen-bond donors (Lipinski definition) is 1. The van der Waals surface area contributed by atoms with Gasteiger partial charge in [-0.05, 0) is 12.1 Å². The Morgan fingerprint density at radius 3 is 2.92 bits per heavy atom. The topological polar surface area (TPSA) is 61.2 Å². The third-order valence-corrected chi connectivity index (χ3v) is 2.35. The fourth-order valence-corrected chi connectivity index (χ4v) is 1.68. The molecule has 0 bridgehead atoms. The minimum atomic E-state index is -0.403. The molecule has 0 atom stereocenters. The molecule has 1 aromatic carbocycles. The smallest absolute Gasteiger partial charge is 0.405 e. The van der Waals surface area contributed by atoms with Crippen LogP contribution in [0.4, 0.5) is 5.69 Å². The van der Waals surface area contributed by atoms with E-state index in [1.807, 2.05) is 0 Å². The average molecular weight is 243 g/mol. The molecule has 1 heterocycles. The number of hydrogen-bond acceptors (Lipinski definition) is 3. The Labute approximate surface area is 82.1 Å². The lowest BCUT2D eigenvalue weighted by Crippen LogP contribution is -2.08. The molecule has 0 saturated carbocycles. The Hall–Kier alpha value is -1.23. The lowest BCUT2D eigenvalue weighted by Gasteiger charge is -1.96. The molecule has 0 spiro atoms. The van der Waals surface area contributed by atoms with Gasteiger partial charge in [0, 0.05) is 11.5 Å². The highest BCUT2D eigenvalue weighted by molar-refractivity contribution is 9.10. The summed E-state index contributed by atoms with van der Waals surface area (Å²) in [6.45, 7) is 0. The number of nitrogen functional groups attached to an aromatic ring is 1. The molecule has 0 saturated heterocycles. The molecular weight excluding hydrogens is 236 g/mol. The van der Waals surface area contributed by atoms with Crippen LogP contribution in [0.3, 0.4) is 0 Å². The zero-order valence-electron chi connectivity index (χ0n) is 6.87. The fourth-order valence-electron chi connectivity index (χ4n) is 1.21. The van der Waals surface area contributed by atoms with Crippen molar-refractivity contribution in [2.24, 2.45) is 7.05 Å². The SMILES string of the molecule is Cn1c(=O)oc2c(N)cc(Br)cc21. The summed E-state index contributed by atoms with van der Waals surface area (Å²) in [5.74, 6) is -0.403. The molecule has 4 nitrogen and oxygen atoms in total. The number of oxazole rings is 1. The van der Waals surface area contributed by atoms with Gasteiger partial charge in [-0.15, -0.1) is 0 Å². The van der Waals surface area contributed by atoms with Crippen molar-refractivity contribution < 1.29 is 4.42 Å². The number of nitrogens with two attached hydrogens (primary N) is 1. The predicted octanol–water partition coefficient (Wildman–Crippen LogP) is 1.48. The Morgan fingerprint density at radius 1 is 1.54 bits per heavy atom. The molecule has 0 radical (unpaired) electrons. The molecule has 2 rings (SSSR count). The van der Waals surface area contributed by atoms with E-state index < -0.39 is 5.76 Å². The minimum Gasteiger partial charge on any atom is -0.405 e. The third kappa shape index (κ3) is 1.16. The number of anilines is 1. The standard InChI is InChI=1S/C8H7BrN2O2/c1-11-6-3-4(9)2-5(10)7(6)13-8(11)12/h2-3H,10H2,1H3. The first-order valence-electron chi connectivity index (χ1n) is 3.64. The van der Waals surface area contributed by atoms with E-state index >= 15 is 0 Å². The number of halogens is 1. The molecule has 0 amide bonds. The van der Waals surface area contributed by atoms with E-state index in [-0.39, 0.29) is 0 Å². The van der Waals surface area contributed by atoms with Gasteiger partial charge in [0.1, 0.15) is 0 Å². The largest absolute Gasteiger partial charge is 0.419 e. The lowest BCUT2D eigenvalue weighted by atomic mass is 10.3. The van der Waals surface area contributed by atoms with Gasteiger partial charge in [0.2, 0.25) is 0 Å². The van der Waals surface area contributed by atoms with E-state index in [4.69, 9.17) is 10.2 Å². The number of aryl methyl sites for hydroxylation is 1. The van der Waals surface area contributed by atoms with Crippen LogP contribution in [0.1, 0.15) is 0 Å². The Balaban J connectivity index is 3.03. The molecule has 5 heteroatoms. The van der Waals surface area contributed by atoms with Crippen LogP contribution in [0.5, 0.6) is 0 Å². The molecule has 0 aliphatic carbocycles. The van der Waals surface area contributed by atoms with E-state index in [0.29, 0.717) is 16.8 Å². The summed E-state index contributed by atoms with van der Waals surface area (Å²) in [5, 5.41) is 0. The summed E-state index contributed by atoms with van der Waals surface area (Å²) in [6, 6.07) is 3.49. The minimum absolute atomic E-state index is 0.403. The van der Waals surface area contributed by atoms with Crippen LogP contribution in [0.2, 0.25) is 0 Å². The van der Waals surface area contributed by atoms with Gasteiger partial charge in [-0.25, -0.2) is 4.79 Å². The van der Waals surface area contributed by atoms with E-state index in [1.54, 1.807) is 19.2 Å². The Kier molecular flexibility index (Phi) is 1.69. The number of nitrogens with zero attached hydrogens (tertiary/aromatic N) is 1. The average Bonchev–Trinajstić information content (AvgIpc) is 2.32. The van der Waals surface area contributed by atoms with Gasteiger partial charge >= 0.3 is 5.76 Å². The van der Waals surface area contributed by atoms with E-state index in [2.05, 4.69) is 15.9 Å². The maximum Gasteiger partial charge on any atom is 0.419 e. The molecule has 0 aliphatic rings. The highest BCUT2D eigenvalue weighted by Crippen LogP contribution is 2.24. The van der Waals surface area contributed by atoms with Gasteiger partial charge < -0.3 is 10.2 Å². The first-order chi connectivity index (χ1) is 6.09. The summed E-state index contributed by atoms with van der Waals surface area (Å²) >= 11 is 3.29. The van der Waals surface area contributed by atoms with Crippen LogP contribution < -0.4 is 11.5 Å². The summed E-state index contributed by atoms with van der Waals surface area (Å²) in [6.07, 6.45) is 0. The lowest BCUT2D eigenvalue weighted by molar-refractivity contribution is 0.529. The van der Waals surface area contributed by atoms with E-state index in [9.17, 15) is 4.79 Å².